The lowest BCUT2D eigenvalue weighted by atomic mass is 10.0. The molecule has 5 heteroatoms. The van der Waals surface area contributed by atoms with E-state index in [1.807, 2.05) is 4.90 Å². The molecule has 0 aliphatic carbocycles. The minimum atomic E-state index is -0.0438. The zero-order valence-corrected chi connectivity index (χ0v) is 16.4. The Morgan fingerprint density at radius 3 is 2.74 bits per heavy atom. The molecule has 0 bridgehead atoms. The molecule has 3 heterocycles. The number of oxazole rings is 1. The lowest BCUT2D eigenvalue weighted by Crippen LogP contribution is -2.39. The average molecular weight is 367 g/mol. The van der Waals surface area contributed by atoms with Gasteiger partial charge in [-0.3, -0.25) is 9.69 Å². The van der Waals surface area contributed by atoms with Crippen LogP contribution in [0.2, 0.25) is 0 Å². The summed E-state index contributed by atoms with van der Waals surface area (Å²) >= 11 is 0. The quantitative estimate of drug-likeness (QED) is 0.827. The van der Waals surface area contributed by atoms with Crippen LogP contribution < -0.4 is 0 Å². The fourth-order valence-electron chi connectivity index (χ4n) is 4.13. The maximum absolute atomic E-state index is 12.8. The number of hydrogen-bond donors (Lipinski definition) is 0. The highest BCUT2D eigenvalue weighted by atomic mass is 16.4. The van der Waals surface area contributed by atoms with E-state index in [1.54, 1.807) is 0 Å². The number of aromatic nitrogens is 1. The molecule has 1 fully saturated rings. The Bertz CT molecular complexity index is 796. The van der Waals surface area contributed by atoms with Gasteiger partial charge in [-0.2, -0.15) is 0 Å². The van der Waals surface area contributed by atoms with E-state index < -0.39 is 0 Å². The summed E-state index contributed by atoms with van der Waals surface area (Å²) in [6, 6.07) is 8.83. The molecular formula is C22H29N3O2. The predicted octanol–water partition coefficient (Wildman–Crippen LogP) is 3.67. The van der Waals surface area contributed by atoms with Crippen LogP contribution in [0.3, 0.4) is 0 Å². The summed E-state index contributed by atoms with van der Waals surface area (Å²) < 4.78 is 5.86. The van der Waals surface area contributed by atoms with Gasteiger partial charge in [-0.25, -0.2) is 4.98 Å². The predicted molar refractivity (Wildman–Crippen MR) is 104 cm³/mol. The molecule has 0 N–H and O–H groups in total. The first-order valence-electron chi connectivity index (χ1n) is 10.2. The maximum Gasteiger partial charge on any atom is 0.309 e. The van der Waals surface area contributed by atoms with Crippen molar-refractivity contribution in [2.75, 3.05) is 19.6 Å². The van der Waals surface area contributed by atoms with E-state index in [4.69, 9.17) is 4.42 Å². The zero-order chi connectivity index (χ0) is 18.8. The Morgan fingerprint density at radius 1 is 1.22 bits per heavy atom. The molecular weight excluding hydrogens is 338 g/mol. The standard InChI is InChI=1S/C22H29N3O2/c1-3-17-6-8-18(9-7-17)14-24-12-10-20-19(15-24)23-21(27-20)22(26)25-11-4-5-16(2)13-25/h6-9,16H,3-5,10-15H2,1-2H3/t16-/m1/s1. The minimum absolute atomic E-state index is 0.0438. The molecule has 1 saturated heterocycles. The van der Waals surface area contributed by atoms with Crippen LogP contribution in [0.4, 0.5) is 0 Å². The number of rotatable bonds is 4. The highest BCUT2D eigenvalue weighted by Gasteiger charge is 2.29. The van der Waals surface area contributed by atoms with Crippen molar-refractivity contribution in [3.8, 4) is 0 Å². The Kier molecular flexibility index (Phi) is 5.30. The van der Waals surface area contributed by atoms with Crippen LogP contribution in [0.1, 0.15) is 60.0 Å². The number of fused-ring (bicyclic) bond motifs is 1. The first kappa shape index (κ1) is 18.2. The number of likely N-dealkylation sites (tertiary alicyclic amines) is 1. The number of amides is 1. The van der Waals surface area contributed by atoms with Gasteiger partial charge in [0.05, 0.1) is 5.69 Å². The maximum atomic E-state index is 12.8. The van der Waals surface area contributed by atoms with Gasteiger partial charge in [-0.1, -0.05) is 38.1 Å². The van der Waals surface area contributed by atoms with E-state index >= 15 is 0 Å². The van der Waals surface area contributed by atoms with Crippen LogP contribution in [0.15, 0.2) is 28.7 Å². The molecule has 0 spiro atoms. The summed E-state index contributed by atoms with van der Waals surface area (Å²) in [6.07, 6.45) is 4.15. The third kappa shape index (κ3) is 4.08. The Balaban J connectivity index is 1.41. The van der Waals surface area contributed by atoms with Gasteiger partial charge in [0, 0.05) is 39.1 Å². The van der Waals surface area contributed by atoms with E-state index in [-0.39, 0.29) is 11.8 Å². The topological polar surface area (TPSA) is 49.6 Å². The fraction of sp³-hybridized carbons (Fsp3) is 0.545. The summed E-state index contributed by atoms with van der Waals surface area (Å²) in [5.41, 5.74) is 3.61. The van der Waals surface area contributed by atoms with Crippen LogP contribution in [-0.2, 0) is 25.9 Å². The van der Waals surface area contributed by atoms with E-state index in [9.17, 15) is 4.79 Å². The van der Waals surface area contributed by atoms with Crippen LogP contribution in [0.25, 0.3) is 0 Å². The fourth-order valence-corrected chi connectivity index (χ4v) is 4.13. The summed E-state index contributed by atoms with van der Waals surface area (Å²) in [5, 5.41) is 0. The number of nitrogens with zero attached hydrogens (tertiary/aromatic N) is 3. The minimum Gasteiger partial charge on any atom is -0.437 e. The van der Waals surface area contributed by atoms with Gasteiger partial charge in [-0.05, 0) is 36.3 Å². The number of aryl methyl sites for hydroxylation is 1. The smallest absolute Gasteiger partial charge is 0.309 e. The van der Waals surface area contributed by atoms with Gasteiger partial charge in [0.15, 0.2) is 0 Å². The molecule has 0 saturated carbocycles. The van der Waals surface area contributed by atoms with Crippen LogP contribution in [0.5, 0.6) is 0 Å². The van der Waals surface area contributed by atoms with E-state index in [0.29, 0.717) is 5.92 Å². The van der Waals surface area contributed by atoms with Crippen LogP contribution in [-0.4, -0.2) is 40.3 Å². The first-order valence-corrected chi connectivity index (χ1v) is 10.2. The second kappa shape index (κ2) is 7.85. The Labute approximate surface area is 161 Å². The van der Waals surface area contributed by atoms with Gasteiger partial charge < -0.3 is 9.32 Å². The molecule has 144 valence electrons. The molecule has 27 heavy (non-hydrogen) atoms. The molecule has 5 nitrogen and oxygen atoms in total. The third-order valence-corrected chi connectivity index (χ3v) is 5.77. The Morgan fingerprint density at radius 2 is 2.00 bits per heavy atom. The number of carbonyl (C=O) groups is 1. The molecule has 2 aliphatic rings. The van der Waals surface area contributed by atoms with Gasteiger partial charge in [0.2, 0.25) is 0 Å². The van der Waals surface area contributed by atoms with Crippen LogP contribution in [0, 0.1) is 5.92 Å². The lowest BCUT2D eigenvalue weighted by molar-refractivity contribution is 0.0640. The lowest BCUT2D eigenvalue weighted by Gasteiger charge is -2.29. The SMILES string of the molecule is CCc1ccc(CN2CCc3oc(C(=O)N4CCC[C@@H](C)C4)nc3C2)cc1. The van der Waals surface area contributed by atoms with Crippen LogP contribution >= 0.6 is 0 Å². The monoisotopic (exact) mass is 367 g/mol. The van der Waals surface area contributed by atoms with Crippen molar-refractivity contribution in [1.82, 2.24) is 14.8 Å². The zero-order valence-electron chi connectivity index (χ0n) is 16.4. The summed E-state index contributed by atoms with van der Waals surface area (Å²) in [5.74, 6) is 1.68. The van der Waals surface area contributed by atoms with Gasteiger partial charge >= 0.3 is 5.91 Å². The van der Waals surface area contributed by atoms with E-state index in [2.05, 4.69) is 48.0 Å². The third-order valence-electron chi connectivity index (χ3n) is 5.77. The summed E-state index contributed by atoms with van der Waals surface area (Å²) in [7, 11) is 0. The van der Waals surface area contributed by atoms with Crippen molar-refractivity contribution in [3.05, 3.63) is 52.7 Å². The van der Waals surface area contributed by atoms with Crippen molar-refractivity contribution in [3.63, 3.8) is 0 Å². The second-order valence-corrected chi connectivity index (χ2v) is 8.02. The molecule has 4 rings (SSSR count). The van der Waals surface area contributed by atoms with Crippen molar-refractivity contribution in [1.29, 1.82) is 0 Å². The van der Waals surface area contributed by atoms with Gasteiger partial charge in [0.1, 0.15) is 5.76 Å². The highest BCUT2D eigenvalue weighted by Crippen LogP contribution is 2.24. The largest absolute Gasteiger partial charge is 0.437 e. The normalized spacial score (nSPS) is 20.5. The van der Waals surface area contributed by atoms with E-state index in [0.717, 1.165) is 63.4 Å². The van der Waals surface area contributed by atoms with Crippen molar-refractivity contribution >= 4 is 5.91 Å². The highest BCUT2D eigenvalue weighted by molar-refractivity contribution is 5.89. The number of piperidine rings is 1. The van der Waals surface area contributed by atoms with Crippen molar-refractivity contribution in [2.45, 2.75) is 52.6 Å². The molecule has 1 atom stereocenters. The van der Waals surface area contributed by atoms with E-state index in [1.165, 1.54) is 17.5 Å². The molecule has 1 amide bonds. The molecule has 2 aromatic rings. The second-order valence-electron chi connectivity index (χ2n) is 8.02. The molecule has 1 aromatic carbocycles. The number of carbonyl (C=O) groups excluding carboxylic acids is 1. The number of hydrogen-bond acceptors (Lipinski definition) is 4. The molecule has 0 unspecified atom stereocenters. The first-order chi connectivity index (χ1) is 13.1. The Hall–Kier alpha value is -2.14. The molecule has 2 aliphatic heterocycles. The average Bonchev–Trinajstić information content (AvgIpc) is 3.11. The summed E-state index contributed by atoms with van der Waals surface area (Å²) in [6.45, 7) is 8.59. The van der Waals surface area contributed by atoms with Crippen molar-refractivity contribution in [2.24, 2.45) is 5.92 Å². The summed E-state index contributed by atoms with van der Waals surface area (Å²) in [4.78, 5) is 21.6. The van der Waals surface area contributed by atoms with Gasteiger partial charge in [0.25, 0.3) is 5.89 Å². The van der Waals surface area contributed by atoms with Gasteiger partial charge in [-0.15, -0.1) is 0 Å². The molecule has 1 aromatic heterocycles. The van der Waals surface area contributed by atoms with Crippen molar-refractivity contribution < 1.29 is 9.21 Å². The molecule has 0 radical (unpaired) electrons. The number of benzene rings is 1.